The molecular weight excluding hydrogens is 473 g/mol. The second-order valence-electron chi connectivity index (χ2n) is 7.88. The molecule has 2 amide bonds. The molecule has 2 heterocycles. The van der Waals surface area contributed by atoms with Crippen LogP contribution >= 0.6 is 11.8 Å². The number of benzene rings is 2. The van der Waals surface area contributed by atoms with Crippen LogP contribution in [0.4, 0.5) is 10.1 Å². The Labute approximate surface area is 204 Å². The summed E-state index contributed by atoms with van der Waals surface area (Å²) in [7, 11) is 5.16. The molecule has 2 aromatic heterocycles. The van der Waals surface area contributed by atoms with Crippen LogP contribution in [-0.2, 0) is 32.4 Å². The summed E-state index contributed by atoms with van der Waals surface area (Å²) in [4.78, 5) is 36.7. The molecule has 0 radical (unpaired) electrons. The first-order valence-electron chi connectivity index (χ1n) is 10.8. The summed E-state index contributed by atoms with van der Waals surface area (Å²) in [6.07, 6.45) is 0.395. The Kier molecular flexibility index (Phi) is 7.01. The minimum atomic E-state index is -0.576. The van der Waals surface area contributed by atoms with Gasteiger partial charge in [-0.05, 0) is 30.3 Å². The summed E-state index contributed by atoms with van der Waals surface area (Å²) in [6, 6.07) is 11.1. The first-order valence-corrected chi connectivity index (χ1v) is 11.7. The molecule has 4 aromatic rings. The summed E-state index contributed by atoms with van der Waals surface area (Å²) in [5, 5.41) is 14.3. The molecule has 0 spiro atoms. The van der Waals surface area contributed by atoms with Crippen molar-refractivity contribution in [1.29, 1.82) is 0 Å². The highest BCUT2D eigenvalue weighted by Gasteiger charge is 2.14. The summed E-state index contributed by atoms with van der Waals surface area (Å²) < 4.78 is 18.5. The molecule has 2 N–H and O–H groups in total. The van der Waals surface area contributed by atoms with Crippen molar-refractivity contribution in [1.82, 2.24) is 29.2 Å². The van der Waals surface area contributed by atoms with E-state index in [0.29, 0.717) is 23.1 Å². The Balaban J connectivity index is 1.30. The van der Waals surface area contributed by atoms with E-state index in [1.807, 2.05) is 0 Å². The van der Waals surface area contributed by atoms with Crippen LogP contribution in [0.5, 0.6) is 0 Å². The third-order valence-electron chi connectivity index (χ3n) is 5.57. The normalized spacial score (nSPS) is 11.1. The molecule has 0 aliphatic rings. The van der Waals surface area contributed by atoms with Gasteiger partial charge in [0.25, 0.3) is 5.91 Å². The number of rotatable bonds is 8. The monoisotopic (exact) mass is 497 g/mol. The van der Waals surface area contributed by atoms with E-state index in [2.05, 4.69) is 20.8 Å². The van der Waals surface area contributed by atoms with Crippen molar-refractivity contribution >= 4 is 40.3 Å². The third kappa shape index (κ3) is 5.11. The van der Waals surface area contributed by atoms with Crippen LogP contribution in [-0.4, -0.2) is 48.0 Å². The molecule has 182 valence electrons. The molecule has 2 aromatic carbocycles. The van der Waals surface area contributed by atoms with Gasteiger partial charge in [0.15, 0.2) is 5.16 Å². The van der Waals surface area contributed by atoms with Crippen molar-refractivity contribution in [2.45, 2.75) is 11.6 Å². The summed E-state index contributed by atoms with van der Waals surface area (Å²) >= 11 is 1.23. The Morgan fingerprint density at radius 3 is 2.51 bits per heavy atom. The van der Waals surface area contributed by atoms with Crippen molar-refractivity contribution in [3.8, 4) is 0 Å². The minimum Gasteiger partial charge on any atom is -0.351 e. The molecule has 0 saturated heterocycles. The maximum absolute atomic E-state index is 13.7. The van der Waals surface area contributed by atoms with E-state index in [-0.39, 0.29) is 29.5 Å². The molecule has 0 fully saturated rings. The average Bonchev–Trinajstić information content (AvgIpc) is 3.30. The predicted octanol–water partition coefficient (Wildman–Crippen LogP) is 1.85. The molecule has 4 rings (SSSR count). The fourth-order valence-corrected chi connectivity index (χ4v) is 4.36. The Morgan fingerprint density at radius 1 is 1.00 bits per heavy atom. The number of nitrogens with one attached hydrogen (secondary N) is 2. The highest BCUT2D eigenvalue weighted by Crippen LogP contribution is 2.19. The zero-order valence-corrected chi connectivity index (χ0v) is 20.2. The number of fused-ring (bicyclic) bond motifs is 1. The first-order chi connectivity index (χ1) is 16.8. The van der Waals surface area contributed by atoms with E-state index in [1.165, 1.54) is 34.5 Å². The van der Waals surface area contributed by atoms with Gasteiger partial charge in [-0.15, -0.1) is 10.2 Å². The number of imidazole rings is 1. The number of carbonyl (C=O) groups excluding carboxylic acids is 2. The van der Waals surface area contributed by atoms with Gasteiger partial charge in [0.2, 0.25) is 5.91 Å². The van der Waals surface area contributed by atoms with E-state index < -0.39 is 11.7 Å². The highest BCUT2D eigenvalue weighted by molar-refractivity contribution is 7.99. The standard InChI is InChI=1S/C23H24FN7O3S/c1-29-17-9-8-14(12-18(17)30(2)23(29)34)26-20(32)13-35-22-28-27-19(31(22)3)10-11-25-21(33)15-6-4-5-7-16(15)24/h4-9,12H,10-11,13H2,1-3H3,(H,25,33)(H,26,32). The molecule has 10 nitrogen and oxygen atoms in total. The van der Waals surface area contributed by atoms with Gasteiger partial charge < -0.3 is 15.2 Å². The molecule has 0 aliphatic heterocycles. The average molecular weight is 498 g/mol. The topological polar surface area (TPSA) is 116 Å². The van der Waals surface area contributed by atoms with Crippen LogP contribution in [0.2, 0.25) is 0 Å². The van der Waals surface area contributed by atoms with Gasteiger partial charge in [0.1, 0.15) is 11.6 Å². The van der Waals surface area contributed by atoms with Gasteiger partial charge in [-0.1, -0.05) is 23.9 Å². The van der Waals surface area contributed by atoms with Crippen LogP contribution in [0.25, 0.3) is 11.0 Å². The summed E-state index contributed by atoms with van der Waals surface area (Å²) in [6.45, 7) is 0.259. The smallest absolute Gasteiger partial charge is 0.328 e. The lowest BCUT2D eigenvalue weighted by atomic mass is 10.2. The number of carbonyl (C=O) groups is 2. The number of aryl methyl sites for hydroxylation is 2. The van der Waals surface area contributed by atoms with Gasteiger partial charge in [-0.25, -0.2) is 9.18 Å². The van der Waals surface area contributed by atoms with Crippen molar-refractivity contribution in [3.63, 3.8) is 0 Å². The number of halogens is 1. The molecule has 0 atom stereocenters. The molecule has 0 aliphatic carbocycles. The van der Waals surface area contributed by atoms with E-state index in [9.17, 15) is 18.8 Å². The Hall–Kier alpha value is -3.93. The maximum atomic E-state index is 13.7. The van der Waals surface area contributed by atoms with Gasteiger partial charge in [0, 0.05) is 39.8 Å². The lowest BCUT2D eigenvalue weighted by Crippen LogP contribution is -2.27. The number of amides is 2. The van der Waals surface area contributed by atoms with Crippen molar-refractivity contribution < 1.29 is 14.0 Å². The van der Waals surface area contributed by atoms with Crippen LogP contribution in [0.1, 0.15) is 16.2 Å². The van der Waals surface area contributed by atoms with Crippen LogP contribution in [0.15, 0.2) is 52.4 Å². The Bertz CT molecular complexity index is 1470. The van der Waals surface area contributed by atoms with E-state index in [0.717, 1.165) is 11.0 Å². The van der Waals surface area contributed by atoms with Crippen LogP contribution in [0.3, 0.4) is 0 Å². The van der Waals surface area contributed by atoms with Crippen LogP contribution < -0.4 is 16.3 Å². The number of nitrogens with zero attached hydrogens (tertiary/aromatic N) is 5. The number of thioether (sulfide) groups is 1. The zero-order chi connectivity index (χ0) is 25.1. The lowest BCUT2D eigenvalue weighted by Gasteiger charge is -2.07. The molecule has 0 bridgehead atoms. The number of anilines is 1. The Morgan fingerprint density at radius 2 is 1.74 bits per heavy atom. The second-order valence-corrected chi connectivity index (χ2v) is 8.83. The second kappa shape index (κ2) is 10.1. The van der Waals surface area contributed by atoms with Crippen molar-refractivity contribution in [2.24, 2.45) is 21.1 Å². The number of hydrogen-bond acceptors (Lipinski definition) is 6. The molecule has 0 saturated carbocycles. The summed E-state index contributed by atoms with van der Waals surface area (Å²) in [5.74, 6) is -0.560. The summed E-state index contributed by atoms with van der Waals surface area (Å²) in [5.41, 5.74) is 1.95. The van der Waals surface area contributed by atoms with Crippen LogP contribution in [0, 0.1) is 5.82 Å². The first kappa shape index (κ1) is 24.2. The molecule has 12 heteroatoms. The minimum absolute atomic E-state index is 0.0126. The number of aromatic nitrogens is 5. The van der Waals surface area contributed by atoms with E-state index in [4.69, 9.17) is 0 Å². The zero-order valence-electron chi connectivity index (χ0n) is 19.4. The van der Waals surface area contributed by atoms with E-state index in [1.54, 1.807) is 54.5 Å². The maximum Gasteiger partial charge on any atom is 0.328 e. The third-order valence-corrected chi connectivity index (χ3v) is 6.59. The molecule has 35 heavy (non-hydrogen) atoms. The fraction of sp³-hybridized carbons (Fsp3) is 0.261. The lowest BCUT2D eigenvalue weighted by molar-refractivity contribution is -0.113. The van der Waals surface area contributed by atoms with Gasteiger partial charge in [0.05, 0.1) is 22.3 Å². The van der Waals surface area contributed by atoms with Gasteiger partial charge in [-0.3, -0.25) is 18.7 Å². The fourth-order valence-electron chi connectivity index (χ4n) is 3.63. The van der Waals surface area contributed by atoms with Crippen molar-refractivity contribution in [2.75, 3.05) is 17.6 Å². The quantitative estimate of drug-likeness (QED) is 0.359. The highest BCUT2D eigenvalue weighted by atomic mass is 32.2. The predicted molar refractivity (Wildman–Crippen MR) is 131 cm³/mol. The van der Waals surface area contributed by atoms with Gasteiger partial charge in [-0.2, -0.15) is 0 Å². The van der Waals surface area contributed by atoms with E-state index >= 15 is 0 Å². The van der Waals surface area contributed by atoms with Crippen molar-refractivity contribution in [3.05, 3.63) is 70.2 Å². The SMILES string of the molecule is Cn1c(CCNC(=O)c2ccccc2F)nnc1SCC(=O)Nc1ccc2c(c1)n(C)c(=O)n2C. The molecule has 0 unspecified atom stereocenters. The van der Waals surface area contributed by atoms with Gasteiger partial charge >= 0.3 is 5.69 Å². The number of hydrogen-bond donors (Lipinski definition) is 2. The molecular formula is C23H24FN7O3S. The largest absolute Gasteiger partial charge is 0.351 e.